The summed E-state index contributed by atoms with van der Waals surface area (Å²) in [6.45, 7) is 3.50. The molecule has 1 aromatic carbocycles. The Morgan fingerprint density at radius 2 is 2.08 bits per heavy atom. The molecular formula is C19H21NO5. The number of hydrogen-bond donors (Lipinski definition) is 1. The molecule has 1 saturated heterocycles. The van der Waals surface area contributed by atoms with E-state index < -0.39 is 11.9 Å². The van der Waals surface area contributed by atoms with Gasteiger partial charge in [-0.05, 0) is 49.8 Å². The zero-order valence-corrected chi connectivity index (χ0v) is 14.3. The number of nitrogens with one attached hydrogen (secondary N) is 1. The molecule has 25 heavy (non-hydrogen) atoms. The molecule has 4 rings (SSSR count). The first-order chi connectivity index (χ1) is 11.9. The van der Waals surface area contributed by atoms with E-state index >= 15 is 0 Å². The molecule has 2 saturated carbocycles. The molecule has 6 nitrogen and oxygen atoms in total. The second-order valence-electron chi connectivity index (χ2n) is 7.40. The Morgan fingerprint density at radius 3 is 2.88 bits per heavy atom. The highest BCUT2D eigenvalue weighted by molar-refractivity contribution is 5.94. The molecule has 132 valence electrons. The lowest BCUT2D eigenvalue weighted by molar-refractivity contribution is -0.157. The number of anilines is 1. The molecule has 3 fully saturated rings. The highest BCUT2D eigenvalue weighted by atomic mass is 16.6. The van der Waals surface area contributed by atoms with Gasteiger partial charge in [-0.1, -0.05) is 12.1 Å². The highest BCUT2D eigenvalue weighted by Gasteiger charge is 2.64. The van der Waals surface area contributed by atoms with Gasteiger partial charge in [0.2, 0.25) is 0 Å². The number of aryl methyl sites for hydroxylation is 2. The Labute approximate surface area is 145 Å². The summed E-state index contributed by atoms with van der Waals surface area (Å²) in [6, 6.07) is 5.77. The first-order valence-corrected chi connectivity index (χ1v) is 8.68. The number of carbonyl (C=O) groups is 3. The fourth-order valence-electron chi connectivity index (χ4n) is 4.61. The Kier molecular flexibility index (Phi) is 3.78. The Balaban J connectivity index is 1.35. The van der Waals surface area contributed by atoms with Gasteiger partial charge in [-0.3, -0.25) is 14.4 Å². The van der Waals surface area contributed by atoms with Crippen LogP contribution in [0.5, 0.6) is 0 Å². The van der Waals surface area contributed by atoms with E-state index in [1.54, 1.807) is 0 Å². The summed E-state index contributed by atoms with van der Waals surface area (Å²) in [5.41, 5.74) is 2.69. The predicted octanol–water partition coefficient (Wildman–Crippen LogP) is 1.98. The lowest BCUT2D eigenvalue weighted by atomic mass is 9.80. The van der Waals surface area contributed by atoms with Gasteiger partial charge in [0, 0.05) is 11.6 Å². The van der Waals surface area contributed by atoms with Crippen LogP contribution < -0.4 is 5.32 Å². The van der Waals surface area contributed by atoms with Crippen molar-refractivity contribution in [1.82, 2.24) is 0 Å². The Bertz CT molecular complexity index is 756. The van der Waals surface area contributed by atoms with Crippen molar-refractivity contribution in [2.45, 2.75) is 32.8 Å². The van der Waals surface area contributed by atoms with E-state index in [9.17, 15) is 14.4 Å². The van der Waals surface area contributed by atoms with E-state index in [1.165, 1.54) is 0 Å². The van der Waals surface area contributed by atoms with Crippen LogP contribution in [0, 0.1) is 37.5 Å². The van der Waals surface area contributed by atoms with E-state index in [0.717, 1.165) is 24.0 Å². The zero-order chi connectivity index (χ0) is 17.7. The minimum atomic E-state index is -0.454. The molecule has 1 aliphatic heterocycles. The summed E-state index contributed by atoms with van der Waals surface area (Å²) in [5.74, 6) is -1.65. The standard InChI is InChI=1S/C19H21NO5/c1-9-3-4-10(2)13(5-9)20-15(21)8-24-18(22)16-11-6-12-14(7-11)25-19(23)17(12)16/h3-5,11-12,14,16-17H,6-8H2,1-2H3,(H,20,21)/t11-,12+,14-,16-,17+/m1/s1. The fraction of sp³-hybridized carbons (Fsp3) is 0.526. The van der Waals surface area contributed by atoms with Crippen LogP contribution in [0.4, 0.5) is 5.69 Å². The largest absolute Gasteiger partial charge is 0.462 e. The van der Waals surface area contributed by atoms with Crippen molar-refractivity contribution in [1.29, 1.82) is 0 Å². The van der Waals surface area contributed by atoms with Crippen LogP contribution in [0.2, 0.25) is 0 Å². The molecule has 6 heteroatoms. The van der Waals surface area contributed by atoms with Gasteiger partial charge in [0.15, 0.2) is 6.61 Å². The van der Waals surface area contributed by atoms with E-state index in [1.807, 2.05) is 32.0 Å². The molecule has 1 amide bonds. The SMILES string of the molecule is Cc1ccc(C)c(NC(=O)COC(=O)[C@@H]2[C@@H]3C[C@@H]4[C@@H]2C(=O)O[C@@H]4C3)c1. The maximum absolute atomic E-state index is 12.4. The maximum atomic E-state index is 12.4. The first-order valence-electron chi connectivity index (χ1n) is 8.68. The summed E-state index contributed by atoms with van der Waals surface area (Å²) in [4.78, 5) is 36.5. The van der Waals surface area contributed by atoms with Crippen LogP contribution in [0.25, 0.3) is 0 Å². The molecule has 5 atom stereocenters. The van der Waals surface area contributed by atoms with Crippen LogP contribution in [-0.2, 0) is 23.9 Å². The minimum Gasteiger partial charge on any atom is -0.462 e. The molecule has 1 N–H and O–H groups in total. The lowest BCUT2D eigenvalue weighted by Gasteiger charge is -2.22. The third-order valence-corrected chi connectivity index (χ3v) is 5.77. The Hall–Kier alpha value is -2.37. The van der Waals surface area contributed by atoms with Crippen molar-refractivity contribution in [3.8, 4) is 0 Å². The molecule has 2 aliphatic carbocycles. The number of rotatable bonds is 4. The summed E-state index contributed by atoms with van der Waals surface area (Å²) in [7, 11) is 0. The van der Waals surface area contributed by atoms with Gasteiger partial charge in [-0.15, -0.1) is 0 Å². The average Bonchev–Trinajstić information content (AvgIpc) is 3.18. The van der Waals surface area contributed by atoms with E-state index in [2.05, 4.69) is 5.32 Å². The summed E-state index contributed by atoms with van der Waals surface area (Å²) >= 11 is 0. The summed E-state index contributed by atoms with van der Waals surface area (Å²) in [6.07, 6.45) is 1.57. The number of carbonyl (C=O) groups excluding carboxylic acids is 3. The molecular weight excluding hydrogens is 322 g/mol. The fourth-order valence-corrected chi connectivity index (χ4v) is 4.61. The second-order valence-corrected chi connectivity index (χ2v) is 7.40. The summed E-state index contributed by atoms with van der Waals surface area (Å²) < 4.78 is 10.5. The van der Waals surface area contributed by atoms with Gasteiger partial charge < -0.3 is 14.8 Å². The third kappa shape index (κ3) is 2.69. The Morgan fingerprint density at radius 1 is 1.28 bits per heavy atom. The van der Waals surface area contributed by atoms with Crippen LogP contribution >= 0.6 is 0 Å². The topological polar surface area (TPSA) is 81.7 Å². The predicted molar refractivity (Wildman–Crippen MR) is 88.6 cm³/mol. The van der Waals surface area contributed by atoms with E-state index in [4.69, 9.17) is 9.47 Å². The van der Waals surface area contributed by atoms with Crippen molar-refractivity contribution in [2.75, 3.05) is 11.9 Å². The van der Waals surface area contributed by atoms with Crippen molar-refractivity contribution in [3.63, 3.8) is 0 Å². The quantitative estimate of drug-likeness (QED) is 0.846. The van der Waals surface area contributed by atoms with E-state index in [0.29, 0.717) is 5.69 Å². The monoisotopic (exact) mass is 343 g/mol. The maximum Gasteiger partial charge on any atom is 0.310 e. The molecule has 0 radical (unpaired) electrons. The van der Waals surface area contributed by atoms with Gasteiger partial charge in [-0.2, -0.15) is 0 Å². The first kappa shape index (κ1) is 16.1. The van der Waals surface area contributed by atoms with Crippen LogP contribution in [0.3, 0.4) is 0 Å². The number of ether oxygens (including phenoxy) is 2. The van der Waals surface area contributed by atoms with Gasteiger partial charge >= 0.3 is 11.9 Å². The minimum absolute atomic E-state index is 0.0147. The van der Waals surface area contributed by atoms with Gasteiger partial charge in [-0.25, -0.2) is 0 Å². The smallest absolute Gasteiger partial charge is 0.310 e. The molecule has 0 spiro atoms. The van der Waals surface area contributed by atoms with Crippen molar-refractivity contribution >= 4 is 23.5 Å². The van der Waals surface area contributed by atoms with Crippen LogP contribution in [0.15, 0.2) is 18.2 Å². The number of fused-ring (bicyclic) bond motifs is 1. The van der Waals surface area contributed by atoms with Crippen LogP contribution in [-0.4, -0.2) is 30.6 Å². The van der Waals surface area contributed by atoms with Crippen LogP contribution in [0.1, 0.15) is 24.0 Å². The van der Waals surface area contributed by atoms with E-state index in [-0.39, 0.29) is 42.3 Å². The van der Waals surface area contributed by atoms with Gasteiger partial charge in [0.25, 0.3) is 5.91 Å². The molecule has 1 heterocycles. The normalized spacial score (nSPS) is 31.8. The number of hydrogen-bond acceptors (Lipinski definition) is 5. The number of esters is 2. The highest BCUT2D eigenvalue weighted by Crippen LogP contribution is 2.57. The third-order valence-electron chi connectivity index (χ3n) is 5.77. The molecule has 0 unspecified atom stereocenters. The van der Waals surface area contributed by atoms with Gasteiger partial charge in [0.05, 0.1) is 11.8 Å². The molecule has 1 aromatic rings. The zero-order valence-electron chi connectivity index (χ0n) is 14.3. The average molecular weight is 343 g/mol. The van der Waals surface area contributed by atoms with Crippen molar-refractivity contribution in [3.05, 3.63) is 29.3 Å². The van der Waals surface area contributed by atoms with Crippen molar-refractivity contribution in [2.24, 2.45) is 23.7 Å². The van der Waals surface area contributed by atoms with Gasteiger partial charge in [0.1, 0.15) is 6.10 Å². The lowest BCUT2D eigenvalue weighted by Crippen LogP contribution is -2.35. The molecule has 0 aromatic heterocycles. The molecule has 2 bridgehead atoms. The number of amides is 1. The van der Waals surface area contributed by atoms with Crippen molar-refractivity contribution < 1.29 is 23.9 Å². The summed E-state index contributed by atoms with van der Waals surface area (Å²) in [5, 5.41) is 2.77. The number of benzene rings is 1. The second kappa shape index (κ2) is 5.86. The molecule has 3 aliphatic rings.